The van der Waals surface area contributed by atoms with E-state index in [4.69, 9.17) is 0 Å². The Kier molecular flexibility index (Phi) is 12.1. The highest BCUT2D eigenvalue weighted by Gasteiger charge is 2.64. The first-order valence-corrected chi connectivity index (χ1v) is 31.5. The van der Waals surface area contributed by atoms with Crippen LogP contribution in [0, 0.1) is 11.6 Å². The molecule has 18 rings (SSSR count). The molecule has 0 unspecified atom stereocenters. The summed E-state index contributed by atoms with van der Waals surface area (Å²) in [5, 5.41) is 0. The fourth-order valence-corrected chi connectivity index (χ4v) is 16.2. The van der Waals surface area contributed by atoms with Crippen LogP contribution in [0.25, 0.3) is 77.9 Å². The normalized spacial score (nSPS) is 13.7. The van der Waals surface area contributed by atoms with E-state index in [1.54, 1.807) is 12.1 Å². The lowest BCUT2D eigenvalue weighted by atomic mass is 9.66. The van der Waals surface area contributed by atoms with Crippen molar-refractivity contribution in [3.05, 3.63) is 396 Å². The first-order chi connectivity index (χ1) is 45.5. The number of allylic oxidation sites excluding steroid dienone is 2. The SMILES string of the molecule is Fc1cc(-c2ccccc2)cc(-c2ccccc2)c1N(c1ccccc1)c1ccc2c(c1)C1(C3=C2C2(c4cc(N(c5ccccc5)c5c(F)cc(-c6ccccc6)cc5-c5ccccc5)ccc43)c3ccccc3-c3ccccc32)c2ccccc2-c2ccccc21. The van der Waals surface area contributed by atoms with Crippen LogP contribution in [0.3, 0.4) is 0 Å². The van der Waals surface area contributed by atoms with Crippen molar-refractivity contribution in [2.45, 2.75) is 10.8 Å². The number of anilines is 6. The molecule has 2 nitrogen and oxygen atoms in total. The molecular weight excluding hydrogens is 1120 g/mol. The van der Waals surface area contributed by atoms with E-state index in [0.717, 1.165) is 89.5 Å². The molecule has 0 atom stereocenters. The average Bonchev–Trinajstić information content (AvgIpc) is 1.46. The average molecular weight is 1180 g/mol. The predicted molar refractivity (Wildman–Crippen MR) is 374 cm³/mol. The van der Waals surface area contributed by atoms with Gasteiger partial charge in [0, 0.05) is 33.9 Å². The van der Waals surface area contributed by atoms with Crippen LogP contribution in [0.5, 0.6) is 0 Å². The van der Waals surface area contributed by atoms with Gasteiger partial charge >= 0.3 is 0 Å². The van der Waals surface area contributed by atoms with E-state index in [1.807, 2.05) is 133 Å². The second-order valence-electron chi connectivity index (χ2n) is 24.4. The molecule has 4 aliphatic rings. The predicted octanol–water partition coefficient (Wildman–Crippen LogP) is 23.1. The van der Waals surface area contributed by atoms with E-state index >= 15 is 8.78 Å². The highest BCUT2D eigenvalue weighted by atomic mass is 19.1. The van der Waals surface area contributed by atoms with Gasteiger partial charge in [0.1, 0.15) is 11.6 Å². The van der Waals surface area contributed by atoms with Gasteiger partial charge in [-0.1, -0.05) is 267 Å². The van der Waals surface area contributed by atoms with E-state index < -0.39 is 10.8 Å². The maximum atomic E-state index is 18.4. The quantitative estimate of drug-likeness (QED) is 0.135. The van der Waals surface area contributed by atoms with Crippen molar-refractivity contribution in [1.82, 2.24) is 0 Å². The summed E-state index contributed by atoms with van der Waals surface area (Å²) in [4.78, 5) is 4.28. The van der Waals surface area contributed by atoms with Crippen molar-refractivity contribution in [2.75, 3.05) is 9.80 Å². The zero-order chi connectivity index (χ0) is 61.1. The van der Waals surface area contributed by atoms with Crippen molar-refractivity contribution < 1.29 is 8.78 Å². The molecule has 14 aromatic rings. The van der Waals surface area contributed by atoms with Gasteiger partial charge in [0.15, 0.2) is 0 Å². The van der Waals surface area contributed by atoms with Gasteiger partial charge in [-0.05, 0) is 184 Å². The molecule has 0 saturated heterocycles. The van der Waals surface area contributed by atoms with Crippen molar-refractivity contribution in [3.63, 3.8) is 0 Å². The van der Waals surface area contributed by atoms with E-state index in [1.165, 1.54) is 55.7 Å². The van der Waals surface area contributed by atoms with Gasteiger partial charge in [-0.2, -0.15) is 0 Å². The van der Waals surface area contributed by atoms with Crippen molar-refractivity contribution in [3.8, 4) is 66.8 Å². The summed E-state index contributed by atoms with van der Waals surface area (Å²) in [5.74, 6) is -0.673. The summed E-state index contributed by atoms with van der Waals surface area (Å²) < 4.78 is 36.7. The second kappa shape index (κ2) is 20.9. The summed E-state index contributed by atoms with van der Waals surface area (Å²) in [5.41, 5.74) is 25.6. The summed E-state index contributed by atoms with van der Waals surface area (Å²) in [6.45, 7) is 0. The largest absolute Gasteiger partial charge is 0.307 e. The summed E-state index contributed by atoms with van der Waals surface area (Å²) >= 11 is 0. The van der Waals surface area contributed by atoms with E-state index in [0.29, 0.717) is 11.4 Å². The molecule has 0 fully saturated rings. The number of hydrogen-bond acceptors (Lipinski definition) is 2. The maximum Gasteiger partial charge on any atom is 0.148 e. The molecule has 0 heterocycles. The van der Waals surface area contributed by atoms with E-state index in [2.05, 4.69) is 204 Å². The Morgan fingerprint density at radius 2 is 0.478 bits per heavy atom. The van der Waals surface area contributed by atoms with Gasteiger partial charge < -0.3 is 9.80 Å². The lowest BCUT2D eigenvalue weighted by Crippen LogP contribution is -2.29. The molecule has 0 aromatic heterocycles. The van der Waals surface area contributed by atoms with E-state index in [9.17, 15) is 0 Å². The molecule has 14 aromatic carbocycles. The minimum atomic E-state index is -0.889. The third kappa shape index (κ3) is 7.71. The zero-order valence-corrected chi connectivity index (χ0v) is 50.0. The number of nitrogens with zero attached hydrogens (tertiary/aromatic N) is 2. The molecule has 0 radical (unpaired) electrons. The molecule has 92 heavy (non-hydrogen) atoms. The number of fused-ring (bicyclic) bond motifs is 18. The molecule has 0 bridgehead atoms. The third-order valence-corrected chi connectivity index (χ3v) is 19.8. The monoisotopic (exact) mass is 1180 g/mol. The molecule has 0 N–H and O–H groups in total. The molecular formula is C88H56F2N2. The smallest absolute Gasteiger partial charge is 0.148 e. The fourth-order valence-electron chi connectivity index (χ4n) is 16.2. The van der Waals surface area contributed by atoms with Gasteiger partial charge in [0.05, 0.1) is 22.2 Å². The number of benzene rings is 14. The van der Waals surface area contributed by atoms with Gasteiger partial charge in [-0.25, -0.2) is 8.78 Å². The molecule has 432 valence electrons. The number of halogens is 2. The van der Waals surface area contributed by atoms with Crippen LogP contribution in [0.4, 0.5) is 42.9 Å². The minimum Gasteiger partial charge on any atom is -0.307 e. The van der Waals surface area contributed by atoms with Crippen LogP contribution >= 0.6 is 0 Å². The Hall–Kier alpha value is -11.7. The Labute approximate surface area is 534 Å². The first kappa shape index (κ1) is 53.3. The number of rotatable bonds is 10. The van der Waals surface area contributed by atoms with Crippen molar-refractivity contribution in [2.24, 2.45) is 0 Å². The van der Waals surface area contributed by atoms with Crippen LogP contribution < -0.4 is 9.80 Å². The standard InChI is InChI=1S/C88H56F2N2/c89-81-53-61(57-27-7-1-8-28-57)51-73(59-31-11-3-12-32-59)85(81)91(63-35-15-5-16-36-63)65-47-49-71-79(55-65)87(75-43-23-19-39-67(75)68-40-20-24-44-76(68)87)84-72-50-48-66(56-80(72)88(83(71)84)77-45-25-21-41-69(77)70-42-22-26-46-78(70)88)92(64-37-17-6-18-38-64)86-74(60-33-13-4-14-34-60)52-62(54-82(86)90)58-29-9-2-10-30-58/h1-56H. The second-order valence-corrected chi connectivity index (χ2v) is 24.4. The van der Waals surface area contributed by atoms with Crippen LogP contribution in [0.15, 0.2) is 340 Å². The van der Waals surface area contributed by atoms with Gasteiger partial charge in [-0.15, -0.1) is 0 Å². The van der Waals surface area contributed by atoms with Crippen LogP contribution in [-0.4, -0.2) is 0 Å². The first-order valence-electron chi connectivity index (χ1n) is 31.5. The van der Waals surface area contributed by atoms with Crippen molar-refractivity contribution >= 4 is 45.3 Å². The van der Waals surface area contributed by atoms with Gasteiger partial charge in [0.25, 0.3) is 0 Å². The summed E-state index contributed by atoms with van der Waals surface area (Å²) in [7, 11) is 0. The third-order valence-electron chi connectivity index (χ3n) is 19.8. The summed E-state index contributed by atoms with van der Waals surface area (Å²) in [6.07, 6.45) is 0. The molecule has 0 amide bonds. The Morgan fingerprint density at radius 3 is 0.804 bits per heavy atom. The topological polar surface area (TPSA) is 6.48 Å². The molecule has 2 spiro atoms. The minimum absolute atomic E-state index is 0.336. The fraction of sp³-hybridized carbons (Fsp3) is 0.0227. The Bertz CT molecular complexity index is 4870. The molecule has 4 aliphatic carbocycles. The highest BCUT2D eigenvalue weighted by molar-refractivity contribution is 6.20. The van der Waals surface area contributed by atoms with Gasteiger partial charge in [0.2, 0.25) is 0 Å². The maximum absolute atomic E-state index is 18.4. The molecule has 0 saturated carbocycles. The van der Waals surface area contributed by atoms with E-state index in [-0.39, 0.29) is 11.6 Å². The Balaban J connectivity index is 0.936. The molecule has 4 heteroatoms. The number of para-hydroxylation sites is 2. The van der Waals surface area contributed by atoms with Crippen molar-refractivity contribution in [1.29, 1.82) is 0 Å². The Morgan fingerprint density at radius 1 is 0.196 bits per heavy atom. The summed E-state index contributed by atoms with van der Waals surface area (Å²) in [6, 6.07) is 119. The van der Waals surface area contributed by atoms with Gasteiger partial charge in [-0.3, -0.25) is 0 Å². The lowest BCUT2D eigenvalue weighted by Gasteiger charge is -2.37. The van der Waals surface area contributed by atoms with Crippen LogP contribution in [0.2, 0.25) is 0 Å². The van der Waals surface area contributed by atoms with Crippen LogP contribution in [0.1, 0.15) is 44.5 Å². The lowest BCUT2D eigenvalue weighted by molar-refractivity contribution is 0.629. The molecule has 0 aliphatic heterocycles. The highest BCUT2D eigenvalue weighted by Crippen LogP contribution is 2.75. The number of hydrogen-bond donors (Lipinski definition) is 0. The van der Waals surface area contributed by atoms with Crippen LogP contribution in [-0.2, 0) is 10.8 Å². The zero-order valence-electron chi connectivity index (χ0n) is 50.0.